The number of hydrogen-bond donors (Lipinski definition) is 1. The van der Waals surface area contributed by atoms with Crippen molar-refractivity contribution in [2.45, 2.75) is 45.2 Å². The van der Waals surface area contributed by atoms with Gasteiger partial charge < -0.3 is 15.4 Å². The molecule has 112 valence electrons. The number of amides is 1. The summed E-state index contributed by atoms with van der Waals surface area (Å²) in [7, 11) is 3.52. The molecule has 20 heavy (non-hydrogen) atoms. The van der Waals surface area contributed by atoms with Crippen molar-refractivity contribution < 1.29 is 9.53 Å². The van der Waals surface area contributed by atoms with Crippen LogP contribution < -0.4 is 10.5 Å². The Morgan fingerprint density at radius 1 is 1.35 bits per heavy atom. The highest BCUT2D eigenvalue weighted by Crippen LogP contribution is 2.20. The molecule has 1 aromatic rings. The first-order chi connectivity index (χ1) is 9.45. The van der Waals surface area contributed by atoms with Gasteiger partial charge in [0.05, 0.1) is 7.11 Å². The second-order valence-electron chi connectivity index (χ2n) is 5.39. The summed E-state index contributed by atoms with van der Waals surface area (Å²) in [6.45, 7) is 3.97. The summed E-state index contributed by atoms with van der Waals surface area (Å²) in [5, 5.41) is 0. The molecule has 2 N–H and O–H groups in total. The molecule has 0 spiro atoms. The fourth-order valence-corrected chi connectivity index (χ4v) is 2.10. The van der Waals surface area contributed by atoms with Gasteiger partial charge in [0.25, 0.3) is 0 Å². The zero-order valence-electron chi connectivity index (χ0n) is 12.9. The smallest absolute Gasteiger partial charge is 0.222 e. The number of ether oxygens (including phenoxy) is 1. The normalized spacial score (nSPS) is 13.7. The Labute approximate surface area is 121 Å². The van der Waals surface area contributed by atoms with E-state index in [0.717, 1.165) is 24.2 Å². The van der Waals surface area contributed by atoms with Crippen LogP contribution in [0.5, 0.6) is 5.75 Å². The predicted molar refractivity (Wildman–Crippen MR) is 81.8 cm³/mol. The summed E-state index contributed by atoms with van der Waals surface area (Å²) in [5.74, 6) is 1.01. The van der Waals surface area contributed by atoms with Gasteiger partial charge in [-0.2, -0.15) is 0 Å². The SMILES string of the molecule is COc1ccccc1CC(C)N(C)C(=O)CCC(C)N. The lowest BCUT2D eigenvalue weighted by molar-refractivity contribution is -0.131. The van der Waals surface area contributed by atoms with Crippen LogP contribution in [0.4, 0.5) is 0 Å². The Balaban J connectivity index is 2.61. The number of hydrogen-bond acceptors (Lipinski definition) is 3. The van der Waals surface area contributed by atoms with Crippen LogP contribution >= 0.6 is 0 Å². The van der Waals surface area contributed by atoms with Gasteiger partial charge in [-0.3, -0.25) is 4.79 Å². The molecule has 0 aliphatic heterocycles. The number of carbonyl (C=O) groups excluding carboxylic acids is 1. The van der Waals surface area contributed by atoms with Gasteiger partial charge in [0.1, 0.15) is 5.75 Å². The molecular weight excluding hydrogens is 252 g/mol. The molecule has 1 aromatic carbocycles. The second-order valence-corrected chi connectivity index (χ2v) is 5.39. The third-order valence-corrected chi connectivity index (χ3v) is 3.58. The minimum atomic E-state index is 0.0665. The van der Waals surface area contributed by atoms with Crippen LogP contribution in [0.2, 0.25) is 0 Å². The van der Waals surface area contributed by atoms with E-state index in [0.29, 0.717) is 6.42 Å². The maximum Gasteiger partial charge on any atom is 0.222 e. The van der Waals surface area contributed by atoms with Gasteiger partial charge in [0.15, 0.2) is 0 Å². The third-order valence-electron chi connectivity index (χ3n) is 3.58. The van der Waals surface area contributed by atoms with E-state index in [1.54, 1.807) is 12.0 Å². The van der Waals surface area contributed by atoms with E-state index in [4.69, 9.17) is 10.5 Å². The van der Waals surface area contributed by atoms with Gasteiger partial charge in [-0.25, -0.2) is 0 Å². The molecule has 0 bridgehead atoms. The molecule has 0 saturated heterocycles. The molecule has 1 rings (SSSR count). The first-order valence-corrected chi connectivity index (χ1v) is 7.08. The van der Waals surface area contributed by atoms with Gasteiger partial charge in [-0.1, -0.05) is 18.2 Å². The Kier molecular flexibility index (Phi) is 6.52. The molecule has 2 atom stereocenters. The number of likely N-dealkylation sites (N-methyl/N-ethyl adjacent to an activating group) is 1. The van der Waals surface area contributed by atoms with Crippen LogP contribution in [0.3, 0.4) is 0 Å². The highest BCUT2D eigenvalue weighted by atomic mass is 16.5. The predicted octanol–water partition coefficient (Wildman–Crippen LogP) is 2.21. The zero-order chi connectivity index (χ0) is 15.1. The number of carbonyl (C=O) groups is 1. The minimum absolute atomic E-state index is 0.0665. The number of rotatable bonds is 7. The first-order valence-electron chi connectivity index (χ1n) is 7.08. The van der Waals surface area contributed by atoms with Crippen molar-refractivity contribution in [3.8, 4) is 5.75 Å². The highest BCUT2D eigenvalue weighted by molar-refractivity contribution is 5.76. The van der Waals surface area contributed by atoms with E-state index < -0.39 is 0 Å². The van der Waals surface area contributed by atoms with Crippen molar-refractivity contribution in [2.75, 3.05) is 14.2 Å². The first kappa shape index (κ1) is 16.5. The molecule has 0 aliphatic rings. The molecule has 2 unspecified atom stereocenters. The molecule has 0 aromatic heterocycles. The number of methoxy groups -OCH3 is 1. The summed E-state index contributed by atoms with van der Waals surface area (Å²) < 4.78 is 5.35. The van der Waals surface area contributed by atoms with Crippen LogP contribution in [0, 0.1) is 0 Å². The van der Waals surface area contributed by atoms with E-state index in [1.807, 2.05) is 38.2 Å². The second kappa shape index (κ2) is 7.90. The number of para-hydroxylation sites is 1. The van der Waals surface area contributed by atoms with Crippen LogP contribution in [0.1, 0.15) is 32.3 Å². The van der Waals surface area contributed by atoms with Crippen molar-refractivity contribution in [1.29, 1.82) is 0 Å². The standard InChI is InChI=1S/C16H26N2O2/c1-12(17)9-10-16(19)18(3)13(2)11-14-7-5-6-8-15(14)20-4/h5-8,12-13H,9-11,17H2,1-4H3. The topological polar surface area (TPSA) is 55.6 Å². The Bertz CT molecular complexity index is 432. The van der Waals surface area contributed by atoms with Crippen LogP contribution in [0.15, 0.2) is 24.3 Å². The summed E-state index contributed by atoms with van der Waals surface area (Å²) in [6.07, 6.45) is 2.01. The molecular formula is C16H26N2O2. The Morgan fingerprint density at radius 3 is 2.60 bits per heavy atom. The fraction of sp³-hybridized carbons (Fsp3) is 0.562. The summed E-state index contributed by atoms with van der Waals surface area (Å²) >= 11 is 0. The third kappa shape index (κ3) is 4.85. The van der Waals surface area contributed by atoms with Crippen LogP contribution in [-0.2, 0) is 11.2 Å². The molecule has 0 aliphatic carbocycles. The van der Waals surface area contributed by atoms with Gasteiger partial charge in [0, 0.05) is 25.6 Å². The average molecular weight is 278 g/mol. The molecule has 0 radical (unpaired) electrons. The van der Waals surface area contributed by atoms with Crippen LogP contribution in [0.25, 0.3) is 0 Å². The van der Waals surface area contributed by atoms with E-state index in [-0.39, 0.29) is 18.0 Å². The lowest BCUT2D eigenvalue weighted by Gasteiger charge is -2.26. The van der Waals surface area contributed by atoms with Crippen molar-refractivity contribution in [1.82, 2.24) is 4.90 Å². The van der Waals surface area contributed by atoms with Gasteiger partial charge in [0.2, 0.25) is 5.91 Å². The van der Waals surface area contributed by atoms with Gasteiger partial charge in [-0.05, 0) is 38.3 Å². The molecule has 0 saturated carbocycles. The summed E-state index contributed by atoms with van der Waals surface area (Å²) in [4.78, 5) is 13.9. The Hall–Kier alpha value is -1.55. The van der Waals surface area contributed by atoms with Crippen LogP contribution in [-0.4, -0.2) is 37.0 Å². The van der Waals surface area contributed by atoms with E-state index >= 15 is 0 Å². The monoisotopic (exact) mass is 278 g/mol. The van der Waals surface area contributed by atoms with E-state index in [9.17, 15) is 4.79 Å². The quantitative estimate of drug-likeness (QED) is 0.832. The highest BCUT2D eigenvalue weighted by Gasteiger charge is 2.17. The molecule has 4 nitrogen and oxygen atoms in total. The Morgan fingerprint density at radius 2 is 2.00 bits per heavy atom. The average Bonchev–Trinajstić information content (AvgIpc) is 2.44. The molecule has 0 heterocycles. The molecule has 4 heteroatoms. The maximum atomic E-state index is 12.1. The van der Waals surface area contributed by atoms with Crippen molar-refractivity contribution >= 4 is 5.91 Å². The van der Waals surface area contributed by atoms with Crippen molar-refractivity contribution in [3.05, 3.63) is 29.8 Å². The number of benzene rings is 1. The van der Waals surface area contributed by atoms with Gasteiger partial charge >= 0.3 is 0 Å². The van der Waals surface area contributed by atoms with E-state index in [1.165, 1.54) is 0 Å². The van der Waals surface area contributed by atoms with Gasteiger partial charge in [-0.15, -0.1) is 0 Å². The van der Waals surface area contributed by atoms with E-state index in [2.05, 4.69) is 6.92 Å². The minimum Gasteiger partial charge on any atom is -0.496 e. The lowest BCUT2D eigenvalue weighted by atomic mass is 10.0. The largest absolute Gasteiger partial charge is 0.496 e. The zero-order valence-corrected chi connectivity index (χ0v) is 12.9. The molecule has 1 amide bonds. The maximum absolute atomic E-state index is 12.1. The summed E-state index contributed by atoms with van der Waals surface area (Å²) in [6, 6.07) is 8.12. The van der Waals surface area contributed by atoms with Crippen molar-refractivity contribution in [3.63, 3.8) is 0 Å². The molecule has 0 fully saturated rings. The summed E-state index contributed by atoms with van der Waals surface area (Å²) in [5.41, 5.74) is 6.81. The number of nitrogens with two attached hydrogens (primary N) is 1. The number of nitrogens with zero attached hydrogens (tertiary/aromatic N) is 1. The van der Waals surface area contributed by atoms with Crippen molar-refractivity contribution in [2.24, 2.45) is 5.73 Å². The fourth-order valence-electron chi connectivity index (χ4n) is 2.10. The lowest BCUT2D eigenvalue weighted by Crippen LogP contribution is -2.37.